The third-order valence-corrected chi connectivity index (χ3v) is 5.79. The Balaban J connectivity index is 1.60. The van der Waals surface area contributed by atoms with E-state index in [2.05, 4.69) is 10.2 Å². The molecular formula is C16H17ClN2O2S. The fourth-order valence-electron chi connectivity index (χ4n) is 2.57. The molecule has 1 aliphatic heterocycles. The van der Waals surface area contributed by atoms with Gasteiger partial charge in [-0.2, -0.15) is 0 Å². The predicted molar refractivity (Wildman–Crippen MR) is 90.4 cm³/mol. The predicted octanol–water partition coefficient (Wildman–Crippen LogP) is 3.39. The standard InChI is InChI=1S/C16H17ClN2O2S/c17-13-6-8-14(9-7-13)22(20,21)11-3-10-19-12-18-15-4-1-2-5-16(15)19/h1-2,4-9,18H,3,10-12H2. The molecule has 0 fully saturated rings. The SMILES string of the molecule is O=S(=O)(CCCN1CNc2ccccc21)c1ccc(Cl)cc1. The number of halogens is 1. The van der Waals surface area contributed by atoms with Gasteiger partial charge in [0.25, 0.3) is 0 Å². The van der Waals surface area contributed by atoms with Crippen LogP contribution in [0.2, 0.25) is 5.02 Å². The van der Waals surface area contributed by atoms with Crippen LogP contribution >= 0.6 is 11.6 Å². The first-order chi connectivity index (χ1) is 10.6. The van der Waals surface area contributed by atoms with E-state index >= 15 is 0 Å². The second-order valence-electron chi connectivity index (χ2n) is 5.24. The number of nitrogens with one attached hydrogen (secondary N) is 1. The number of sulfone groups is 1. The van der Waals surface area contributed by atoms with Crippen molar-refractivity contribution < 1.29 is 8.42 Å². The second-order valence-corrected chi connectivity index (χ2v) is 7.79. The van der Waals surface area contributed by atoms with Crippen LogP contribution in [0.5, 0.6) is 0 Å². The maximum atomic E-state index is 12.3. The van der Waals surface area contributed by atoms with Crippen LogP contribution in [-0.4, -0.2) is 27.4 Å². The molecule has 4 nitrogen and oxygen atoms in total. The maximum Gasteiger partial charge on any atom is 0.178 e. The first kappa shape index (κ1) is 15.2. The number of hydrogen-bond acceptors (Lipinski definition) is 4. The first-order valence-corrected chi connectivity index (χ1v) is 9.15. The Kier molecular flexibility index (Phi) is 4.27. The molecule has 3 rings (SSSR count). The quantitative estimate of drug-likeness (QED) is 0.909. The number of hydrogen-bond donors (Lipinski definition) is 1. The fourth-order valence-corrected chi connectivity index (χ4v) is 3.99. The zero-order valence-corrected chi connectivity index (χ0v) is 13.6. The van der Waals surface area contributed by atoms with Crippen molar-refractivity contribution in [2.45, 2.75) is 11.3 Å². The van der Waals surface area contributed by atoms with E-state index in [1.54, 1.807) is 24.3 Å². The van der Waals surface area contributed by atoms with Crippen LogP contribution in [0.25, 0.3) is 0 Å². The van der Waals surface area contributed by atoms with Gasteiger partial charge in [0.1, 0.15) is 0 Å². The summed E-state index contributed by atoms with van der Waals surface area (Å²) in [5.41, 5.74) is 2.23. The summed E-state index contributed by atoms with van der Waals surface area (Å²) in [7, 11) is -3.25. The molecular weight excluding hydrogens is 320 g/mol. The largest absolute Gasteiger partial charge is 0.366 e. The van der Waals surface area contributed by atoms with Crippen molar-refractivity contribution in [2.75, 3.05) is 29.2 Å². The van der Waals surface area contributed by atoms with E-state index in [9.17, 15) is 8.42 Å². The fraction of sp³-hybridized carbons (Fsp3) is 0.250. The lowest BCUT2D eigenvalue weighted by molar-refractivity contribution is 0.593. The molecule has 0 saturated heterocycles. The average molecular weight is 337 g/mol. The van der Waals surface area contributed by atoms with Crippen LogP contribution in [0.4, 0.5) is 11.4 Å². The average Bonchev–Trinajstić information content (AvgIpc) is 2.91. The highest BCUT2D eigenvalue weighted by atomic mass is 35.5. The molecule has 1 heterocycles. The summed E-state index contributed by atoms with van der Waals surface area (Å²) in [6.07, 6.45) is 0.584. The molecule has 1 N–H and O–H groups in total. The highest BCUT2D eigenvalue weighted by molar-refractivity contribution is 7.91. The molecule has 0 aliphatic carbocycles. The summed E-state index contributed by atoms with van der Waals surface area (Å²) in [6.45, 7) is 1.43. The molecule has 0 unspecified atom stereocenters. The van der Waals surface area contributed by atoms with Gasteiger partial charge in [-0.3, -0.25) is 0 Å². The molecule has 0 aromatic heterocycles. The van der Waals surface area contributed by atoms with Gasteiger partial charge in [-0.05, 0) is 42.8 Å². The maximum absolute atomic E-state index is 12.3. The van der Waals surface area contributed by atoms with E-state index in [0.717, 1.165) is 18.0 Å². The summed E-state index contributed by atoms with van der Waals surface area (Å²) < 4.78 is 24.6. The Morgan fingerprint density at radius 1 is 1.09 bits per heavy atom. The lowest BCUT2D eigenvalue weighted by atomic mass is 10.2. The molecule has 0 spiro atoms. The number of para-hydroxylation sites is 2. The minimum Gasteiger partial charge on any atom is -0.366 e. The molecule has 6 heteroatoms. The Morgan fingerprint density at radius 3 is 2.59 bits per heavy atom. The molecule has 0 amide bonds. The van der Waals surface area contributed by atoms with Crippen molar-refractivity contribution in [3.63, 3.8) is 0 Å². The Morgan fingerprint density at radius 2 is 1.82 bits per heavy atom. The zero-order chi connectivity index (χ0) is 15.6. The van der Waals surface area contributed by atoms with Crippen molar-refractivity contribution in [2.24, 2.45) is 0 Å². The highest BCUT2D eigenvalue weighted by Crippen LogP contribution is 2.30. The van der Waals surface area contributed by atoms with Gasteiger partial charge in [0, 0.05) is 11.6 Å². The minimum atomic E-state index is -3.25. The first-order valence-electron chi connectivity index (χ1n) is 7.12. The van der Waals surface area contributed by atoms with Gasteiger partial charge >= 0.3 is 0 Å². The van der Waals surface area contributed by atoms with E-state index in [1.807, 2.05) is 24.3 Å². The van der Waals surface area contributed by atoms with E-state index < -0.39 is 9.84 Å². The minimum absolute atomic E-state index is 0.132. The van der Waals surface area contributed by atoms with Crippen LogP contribution in [0.15, 0.2) is 53.4 Å². The number of benzene rings is 2. The van der Waals surface area contributed by atoms with Crippen LogP contribution in [-0.2, 0) is 9.84 Å². The van der Waals surface area contributed by atoms with Crippen LogP contribution in [0.1, 0.15) is 6.42 Å². The van der Waals surface area contributed by atoms with Gasteiger partial charge in [0.2, 0.25) is 0 Å². The van der Waals surface area contributed by atoms with Crippen molar-refractivity contribution in [1.82, 2.24) is 0 Å². The van der Waals surface area contributed by atoms with Gasteiger partial charge in [-0.1, -0.05) is 23.7 Å². The van der Waals surface area contributed by atoms with E-state index in [0.29, 0.717) is 22.9 Å². The Hall–Kier alpha value is -1.72. The third kappa shape index (κ3) is 3.20. The lowest BCUT2D eigenvalue weighted by Gasteiger charge is -2.17. The molecule has 2 aromatic rings. The summed E-state index contributed by atoms with van der Waals surface area (Å²) >= 11 is 5.79. The van der Waals surface area contributed by atoms with E-state index in [-0.39, 0.29) is 5.75 Å². The van der Waals surface area contributed by atoms with Gasteiger partial charge in [-0.15, -0.1) is 0 Å². The number of anilines is 2. The number of rotatable bonds is 5. The molecule has 1 aliphatic rings. The van der Waals surface area contributed by atoms with Crippen LogP contribution < -0.4 is 10.2 Å². The van der Waals surface area contributed by atoms with Crippen LogP contribution in [0.3, 0.4) is 0 Å². The lowest BCUT2D eigenvalue weighted by Crippen LogP contribution is -2.25. The third-order valence-electron chi connectivity index (χ3n) is 3.72. The Bertz CT molecular complexity index is 760. The van der Waals surface area contributed by atoms with Crippen molar-refractivity contribution in [3.05, 3.63) is 53.6 Å². The Labute approximate surface area is 135 Å². The van der Waals surface area contributed by atoms with Gasteiger partial charge < -0.3 is 10.2 Å². The highest BCUT2D eigenvalue weighted by Gasteiger charge is 2.19. The summed E-state index contributed by atoms with van der Waals surface area (Å²) in [5.74, 6) is 0.132. The van der Waals surface area contributed by atoms with Gasteiger partial charge in [0.15, 0.2) is 9.84 Å². The van der Waals surface area contributed by atoms with Crippen LogP contribution in [0, 0.1) is 0 Å². The molecule has 0 saturated carbocycles. The molecule has 2 aromatic carbocycles. The smallest absolute Gasteiger partial charge is 0.178 e. The normalized spacial score (nSPS) is 13.8. The molecule has 0 bridgehead atoms. The van der Waals surface area contributed by atoms with E-state index in [1.165, 1.54) is 0 Å². The zero-order valence-electron chi connectivity index (χ0n) is 12.0. The van der Waals surface area contributed by atoms with Gasteiger partial charge in [-0.25, -0.2) is 8.42 Å². The topological polar surface area (TPSA) is 49.4 Å². The number of nitrogens with zero attached hydrogens (tertiary/aromatic N) is 1. The van der Waals surface area contributed by atoms with Crippen molar-refractivity contribution in [3.8, 4) is 0 Å². The monoisotopic (exact) mass is 336 g/mol. The number of fused-ring (bicyclic) bond motifs is 1. The molecule has 116 valence electrons. The van der Waals surface area contributed by atoms with E-state index in [4.69, 9.17) is 11.6 Å². The second kappa shape index (κ2) is 6.18. The molecule has 0 radical (unpaired) electrons. The summed E-state index contributed by atoms with van der Waals surface area (Å²) in [6, 6.07) is 14.4. The summed E-state index contributed by atoms with van der Waals surface area (Å²) in [5, 5.41) is 3.84. The van der Waals surface area contributed by atoms with Crippen molar-refractivity contribution >= 4 is 32.8 Å². The van der Waals surface area contributed by atoms with Gasteiger partial charge in [0.05, 0.1) is 28.7 Å². The molecule has 0 atom stereocenters. The van der Waals surface area contributed by atoms with Crippen molar-refractivity contribution in [1.29, 1.82) is 0 Å². The summed E-state index contributed by atoms with van der Waals surface area (Å²) in [4.78, 5) is 2.49. The molecule has 22 heavy (non-hydrogen) atoms.